The van der Waals surface area contributed by atoms with Crippen molar-refractivity contribution in [3.8, 4) is 0 Å². The zero-order valence-electron chi connectivity index (χ0n) is 21.5. The Morgan fingerprint density at radius 1 is 0.921 bits per heavy atom. The minimum absolute atomic E-state index is 0.0950. The van der Waals surface area contributed by atoms with E-state index in [9.17, 15) is 19.7 Å². The van der Waals surface area contributed by atoms with Crippen LogP contribution in [0.2, 0.25) is 0 Å². The average Bonchev–Trinajstić information content (AvgIpc) is 3.36. The molecule has 4 aromatic rings. The van der Waals surface area contributed by atoms with E-state index in [-0.39, 0.29) is 29.6 Å². The standard InChI is InChI=1S/C30H32N4O4/c1-2-3-17-33(30(36)24-12-9-13-26(19-24)34(37)38)22-29(35)32(21-23-10-5-4-6-11-23)18-16-25-20-31-28-15-8-7-14-27(25)28/h4-15,19-20,31H,2-3,16-18,21-22H2,1H3. The van der Waals surface area contributed by atoms with Crippen molar-refractivity contribution in [3.63, 3.8) is 0 Å². The summed E-state index contributed by atoms with van der Waals surface area (Å²) in [5.74, 6) is -0.546. The lowest BCUT2D eigenvalue weighted by atomic mass is 10.1. The highest BCUT2D eigenvalue weighted by Crippen LogP contribution is 2.20. The number of nitrogens with one attached hydrogen (secondary N) is 1. The first kappa shape index (κ1) is 26.6. The topological polar surface area (TPSA) is 99.6 Å². The third-order valence-electron chi connectivity index (χ3n) is 6.59. The molecule has 1 N–H and O–H groups in total. The first-order valence-corrected chi connectivity index (χ1v) is 12.9. The van der Waals surface area contributed by atoms with Crippen LogP contribution in [0.3, 0.4) is 0 Å². The number of unbranched alkanes of at least 4 members (excludes halogenated alkanes) is 1. The van der Waals surface area contributed by atoms with Gasteiger partial charge in [0.1, 0.15) is 6.54 Å². The van der Waals surface area contributed by atoms with Crippen LogP contribution in [0.15, 0.2) is 85.1 Å². The highest BCUT2D eigenvalue weighted by molar-refractivity contribution is 5.97. The van der Waals surface area contributed by atoms with Gasteiger partial charge in [-0.05, 0) is 36.1 Å². The van der Waals surface area contributed by atoms with Gasteiger partial charge in [0.15, 0.2) is 0 Å². The van der Waals surface area contributed by atoms with Crippen molar-refractivity contribution < 1.29 is 14.5 Å². The number of aromatic nitrogens is 1. The number of amides is 2. The van der Waals surface area contributed by atoms with Crippen LogP contribution in [-0.4, -0.2) is 51.2 Å². The third-order valence-corrected chi connectivity index (χ3v) is 6.59. The summed E-state index contributed by atoms with van der Waals surface area (Å²) in [4.78, 5) is 44.3. The zero-order valence-corrected chi connectivity index (χ0v) is 21.5. The molecule has 0 atom stereocenters. The molecule has 1 aromatic heterocycles. The molecular weight excluding hydrogens is 480 g/mol. The number of aromatic amines is 1. The number of benzene rings is 3. The van der Waals surface area contributed by atoms with Crippen LogP contribution in [-0.2, 0) is 17.8 Å². The number of hydrogen-bond acceptors (Lipinski definition) is 4. The fraction of sp³-hybridized carbons (Fsp3) is 0.267. The number of para-hydroxylation sites is 1. The summed E-state index contributed by atoms with van der Waals surface area (Å²) in [5, 5.41) is 12.4. The molecule has 0 fully saturated rings. The highest BCUT2D eigenvalue weighted by Gasteiger charge is 2.24. The van der Waals surface area contributed by atoms with Gasteiger partial charge in [0.05, 0.1) is 4.92 Å². The second-order valence-electron chi connectivity index (χ2n) is 9.30. The minimum atomic E-state index is -0.523. The van der Waals surface area contributed by atoms with Gasteiger partial charge in [0.2, 0.25) is 5.91 Å². The van der Waals surface area contributed by atoms with Crippen molar-refractivity contribution in [2.75, 3.05) is 19.6 Å². The maximum Gasteiger partial charge on any atom is 0.270 e. The van der Waals surface area contributed by atoms with E-state index in [0.29, 0.717) is 26.1 Å². The predicted octanol–water partition coefficient (Wildman–Crippen LogP) is 5.59. The number of carbonyl (C=O) groups excluding carboxylic acids is 2. The molecule has 38 heavy (non-hydrogen) atoms. The average molecular weight is 513 g/mol. The lowest BCUT2D eigenvalue weighted by molar-refractivity contribution is -0.384. The van der Waals surface area contributed by atoms with Crippen LogP contribution in [0.5, 0.6) is 0 Å². The van der Waals surface area contributed by atoms with Crippen LogP contribution in [0.1, 0.15) is 41.3 Å². The largest absolute Gasteiger partial charge is 0.361 e. The monoisotopic (exact) mass is 512 g/mol. The number of hydrogen-bond donors (Lipinski definition) is 1. The number of non-ortho nitro benzene ring substituents is 1. The predicted molar refractivity (Wildman–Crippen MR) is 148 cm³/mol. The van der Waals surface area contributed by atoms with Gasteiger partial charge in [-0.2, -0.15) is 0 Å². The van der Waals surface area contributed by atoms with Crippen LogP contribution in [0.4, 0.5) is 5.69 Å². The molecule has 0 spiro atoms. The van der Waals surface area contributed by atoms with E-state index in [1.807, 2.05) is 61.7 Å². The number of rotatable bonds is 12. The summed E-state index contributed by atoms with van der Waals surface area (Å²) in [6, 6.07) is 23.5. The fourth-order valence-electron chi connectivity index (χ4n) is 4.49. The number of carbonyl (C=O) groups is 2. The Hall–Kier alpha value is -4.46. The Bertz CT molecular complexity index is 1400. The van der Waals surface area contributed by atoms with Gasteiger partial charge in [-0.1, -0.05) is 67.9 Å². The molecule has 2 amide bonds. The number of fused-ring (bicyclic) bond motifs is 1. The molecule has 0 unspecified atom stereocenters. The molecule has 196 valence electrons. The quantitative estimate of drug-likeness (QED) is 0.198. The van der Waals surface area contributed by atoms with Gasteiger partial charge in [-0.3, -0.25) is 19.7 Å². The molecule has 8 heteroatoms. The zero-order chi connectivity index (χ0) is 26.9. The van der Waals surface area contributed by atoms with Crippen LogP contribution >= 0.6 is 0 Å². The summed E-state index contributed by atoms with van der Waals surface area (Å²) >= 11 is 0. The maximum absolute atomic E-state index is 13.7. The molecular formula is C30H32N4O4. The Morgan fingerprint density at radius 2 is 1.68 bits per heavy atom. The van der Waals surface area contributed by atoms with E-state index in [0.717, 1.165) is 34.9 Å². The van der Waals surface area contributed by atoms with Gasteiger partial charge in [-0.25, -0.2) is 0 Å². The van der Waals surface area contributed by atoms with E-state index in [1.165, 1.54) is 23.1 Å². The van der Waals surface area contributed by atoms with Crippen molar-refractivity contribution in [1.82, 2.24) is 14.8 Å². The SMILES string of the molecule is CCCCN(CC(=O)N(CCc1c[nH]c2ccccc12)Cc1ccccc1)C(=O)c1cccc([N+](=O)[O-])c1. The van der Waals surface area contributed by atoms with Crippen molar-refractivity contribution in [1.29, 1.82) is 0 Å². The second-order valence-corrected chi connectivity index (χ2v) is 9.30. The van der Waals surface area contributed by atoms with Crippen molar-refractivity contribution in [3.05, 3.63) is 112 Å². The van der Waals surface area contributed by atoms with Crippen LogP contribution in [0, 0.1) is 10.1 Å². The normalized spacial score (nSPS) is 10.9. The molecule has 4 rings (SSSR count). The highest BCUT2D eigenvalue weighted by atomic mass is 16.6. The Morgan fingerprint density at radius 3 is 2.45 bits per heavy atom. The van der Waals surface area contributed by atoms with E-state index in [4.69, 9.17) is 0 Å². The first-order valence-electron chi connectivity index (χ1n) is 12.9. The summed E-state index contributed by atoms with van der Waals surface area (Å²) in [7, 11) is 0. The Balaban J connectivity index is 1.54. The van der Waals surface area contributed by atoms with E-state index >= 15 is 0 Å². The summed E-state index contributed by atoms with van der Waals surface area (Å²) in [6.07, 6.45) is 4.22. The second kappa shape index (κ2) is 12.7. The van der Waals surface area contributed by atoms with Gasteiger partial charge >= 0.3 is 0 Å². The summed E-state index contributed by atoms with van der Waals surface area (Å²) in [6.45, 7) is 3.23. The van der Waals surface area contributed by atoms with Gasteiger partial charge in [0.25, 0.3) is 11.6 Å². The third kappa shape index (κ3) is 6.64. The molecule has 8 nitrogen and oxygen atoms in total. The molecule has 0 saturated carbocycles. The summed E-state index contributed by atoms with van der Waals surface area (Å²) < 4.78 is 0. The molecule has 0 aliphatic rings. The number of nitro groups is 1. The van der Waals surface area contributed by atoms with E-state index in [2.05, 4.69) is 11.1 Å². The Labute approximate surface area is 222 Å². The molecule has 0 radical (unpaired) electrons. The van der Waals surface area contributed by atoms with Crippen molar-refractivity contribution in [2.45, 2.75) is 32.7 Å². The van der Waals surface area contributed by atoms with Crippen molar-refractivity contribution in [2.24, 2.45) is 0 Å². The fourth-order valence-corrected chi connectivity index (χ4v) is 4.49. The molecule has 0 aliphatic carbocycles. The summed E-state index contributed by atoms with van der Waals surface area (Å²) in [5.41, 5.74) is 3.24. The molecule has 0 saturated heterocycles. The van der Waals surface area contributed by atoms with Crippen LogP contribution in [0.25, 0.3) is 10.9 Å². The molecule has 3 aromatic carbocycles. The number of nitrogens with zero attached hydrogens (tertiary/aromatic N) is 3. The van der Waals surface area contributed by atoms with Gasteiger partial charge < -0.3 is 14.8 Å². The lowest BCUT2D eigenvalue weighted by Gasteiger charge is -2.28. The van der Waals surface area contributed by atoms with E-state index in [1.54, 1.807) is 11.0 Å². The molecule has 0 bridgehead atoms. The lowest BCUT2D eigenvalue weighted by Crippen LogP contribution is -2.43. The Kier molecular flexibility index (Phi) is 8.87. The van der Waals surface area contributed by atoms with Crippen LogP contribution < -0.4 is 0 Å². The van der Waals surface area contributed by atoms with Gasteiger partial charge in [0, 0.05) is 54.4 Å². The number of nitro benzene ring substituents is 1. The maximum atomic E-state index is 13.7. The first-order chi connectivity index (χ1) is 18.5. The smallest absolute Gasteiger partial charge is 0.270 e. The minimum Gasteiger partial charge on any atom is -0.361 e. The molecule has 1 heterocycles. The van der Waals surface area contributed by atoms with Crippen molar-refractivity contribution >= 4 is 28.4 Å². The van der Waals surface area contributed by atoms with Gasteiger partial charge in [-0.15, -0.1) is 0 Å². The molecule has 0 aliphatic heterocycles. The van der Waals surface area contributed by atoms with E-state index < -0.39 is 4.92 Å². The number of H-pyrrole nitrogens is 1.